The maximum Gasteiger partial charge on any atom is 0.472 e. The third-order valence-electron chi connectivity index (χ3n) is 17.4. The molecule has 0 amide bonds. The molecule has 93 heavy (non-hydrogen) atoms. The maximum absolute atomic E-state index is 13.0. The summed E-state index contributed by atoms with van der Waals surface area (Å²) in [5, 5.41) is 10.6. The van der Waals surface area contributed by atoms with Crippen LogP contribution in [-0.4, -0.2) is 96.7 Å². The fraction of sp³-hybridized carbons (Fsp3) is 0.946. The first-order valence-electron chi connectivity index (χ1n) is 38.2. The van der Waals surface area contributed by atoms with Gasteiger partial charge in [-0.1, -0.05) is 319 Å². The smallest absolute Gasteiger partial charge is 0.462 e. The van der Waals surface area contributed by atoms with Crippen LogP contribution in [0.2, 0.25) is 0 Å². The SMILES string of the molecule is CCC(C)CCCCCCCCC(=O)OC[C@H](COP(=O)(O)OC[C@H](O)COP(=O)(O)OC[C@@H](COC(=O)CCCCCCCCCCC(C)C)OC(=O)CCCCCCCCCCCCC(C)C)OC(=O)CCCCCCCCCCCCCCCCCCC(C)C. The number of hydrogen-bond acceptors (Lipinski definition) is 15. The Kier molecular flexibility index (Phi) is 62.2. The molecule has 0 rings (SSSR count). The molecule has 17 nitrogen and oxygen atoms in total. The van der Waals surface area contributed by atoms with Crippen molar-refractivity contribution < 1.29 is 80.2 Å². The lowest BCUT2D eigenvalue weighted by Crippen LogP contribution is -2.30. The molecule has 0 aliphatic rings. The van der Waals surface area contributed by atoms with Gasteiger partial charge in [0.2, 0.25) is 0 Å². The fourth-order valence-corrected chi connectivity index (χ4v) is 12.7. The Morgan fingerprint density at radius 1 is 0.301 bits per heavy atom. The van der Waals surface area contributed by atoms with Crippen molar-refractivity contribution in [2.45, 2.75) is 388 Å². The maximum atomic E-state index is 13.0. The van der Waals surface area contributed by atoms with Gasteiger partial charge in [-0.2, -0.15) is 0 Å². The van der Waals surface area contributed by atoms with Crippen LogP contribution in [0.15, 0.2) is 0 Å². The molecule has 0 saturated carbocycles. The van der Waals surface area contributed by atoms with E-state index in [1.165, 1.54) is 167 Å². The summed E-state index contributed by atoms with van der Waals surface area (Å²) in [4.78, 5) is 72.7. The second-order valence-electron chi connectivity index (χ2n) is 28.4. The topological polar surface area (TPSA) is 237 Å². The highest BCUT2D eigenvalue weighted by atomic mass is 31.2. The zero-order valence-corrected chi connectivity index (χ0v) is 62.7. The summed E-state index contributed by atoms with van der Waals surface area (Å²) in [5.74, 6) is 0.893. The first-order chi connectivity index (χ1) is 44.6. The molecule has 0 fully saturated rings. The lowest BCUT2D eigenvalue weighted by molar-refractivity contribution is -0.161. The molecule has 6 atom stereocenters. The lowest BCUT2D eigenvalue weighted by atomic mass is 10.00. The molecule has 3 N–H and O–H groups in total. The number of unbranched alkanes of at least 4 members (excludes halogenated alkanes) is 36. The highest BCUT2D eigenvalue weighted by molar-refractivity contribution is 7.47. The average molecular weight is 1370 g/mol. The Labute approximate surface area is 568 Å². The zero-order chi connectivity index (χ0) is 68.9. The number of rotatable bonds is 71. The predicted molar refractivity (Wildman–Crippen MR) is 377 cm³/mol. The minimum absolute atomic E-state index is 0.105. The molecule has 0 aliphatic carbocycles. The number of carbonyl (C=O) groups excluding carboxylic acids is 4. The Morgan fingerprint density at radius 3 is 0.763 bits per heavy atom. The van der Waals surface area contributed by atoms with Crippen LogP contribution in [0.4, 0.5) is 0 Å². The number of hydrogen-bond donors (Lipinski definition) is 3. The van der Waals surface area contributed by atoms with E-state index in [0.717, 1.165) is 120 Å². The van der Waals surface area contributed by atoms with Crippen molar-refractivity contribution in [2.24, 2.45) is 23.7 Å². The molecule has 0 saturated heterocycles. The molecule has 0 aliphatic heterocycles. The largest absolute Gasteiger partial charge is 0.472 e. The van der Waals surface area contributed by atoms with Gasteiger partial charge in [0.25, 0.3) is 0 Å². The van der Waals surface area contributed by atoms with Crippen LogP contribution in [0.25, 0.3) is 0 Å². The third-order valence-corrected chi connectivity index (χ3v) is 19.3. The fourth-order valence-electron chi connectivity index (χ4n) is 11.2. The molecule has 0 bridgehead atoms. The zero-order valence-electron chi connectivity index (χ0n) is 60.9. The highest BCUT2D eigenvalue weighted by Gasteiger charge is 2.30. The summed E-state index contributed by atoms with van der Waals surface area (Å²) < 4.78 is 68.4. The summed E-state index contributed by atoms with van der Waals surface area (Å²) >= 11 is 0. The first-order valence-corrected chi connectivity index (χ1v) is 41.2. The van der Waals surface area contributed by atoms with Crippen molar-refractivity contribution in [3.05, 3.63) is 0 Å². The van der Waals surface area contributed by atoms with Gasteiger partial charge >= 0.3 is 39.5 Å². The Morgan fingerprint density at radius 2 is 0.516 bits per heavy atom. The number of carbonyl (C=O) groups is 4. The van der Waals surface area contributed by atoms with Gasteiger partial charge in [0.05, 0.1) is 26.4 Å². The minimum Gasteiger partial charge on any atom is -0.462 e. The second-order valence-corrected chi connectivity index (χ2v) is 31.3. The summed E-state index contributed by atoms with van der Waals surface area (Å²) in [5.41, 5.74) is 0. The number of esters is 4. The van der Waals surface area contributed by atoms with Crippen LogP contribution < -0.4 is 0 Å². The van der Waals surface area contributed by atoms with Gasteiger partial charge in [-0.25, -0.2) is 9.13 Å². The van der Waals surface area contributed by atoms with Crippen molar-refractivity contribution in [3.8, 4) is 0 Å². The van der Waals surface area contributed by atoms with Crippen LogP contribution >= 0.6 is 15.6 Å². The van der Waals surface area contributed by atoms with Gasteiger partial charge in [-0.15, -0.1) is 0 Å². The first kappa shape index (κ1) is 91.1. The molecule has 19 heteroatoms. The van der Waals surface area contributed by atoms with Crippen molar-refractivity contribution in [3.63, 3.8) is 0 Å². The van der Waals surface area contributed by atoms with E-state index < -0.39 is 97.5 Å². The number of ether oxygens (including phenoxy) is 4. The van der Waals surface area contributed by atoms with Crippen molar-refractivity contribution >= 4 is 39.5 Å². The van der Waals surface area contributed by atoms with Crippen molar-refractivity contribution in [1.82, 2.24) is 0 Å². The molecule has 0 aromatic heterocycles. The van der Waals surface area contributed by atoms with E-state index >= 15 is 0 Å². The van der Waals surface area contributed by atoms with Gasteiger partial charge < -0.3 is 33.8 Å². The molecular weight excluding hydrogens is 1220 g/mol. The summed E-state index contributed by atoms with van der Waals surface area (Å²) in [6.45, 7) is 14.1. The van der Waals surface area contributed by atoms with Gasteiger partial charge in [0.1, 0.15) is 19.3 Å². The van der Waals surface area contributed by atoms with Crippen LogP contribution in [0.3, 0.4) is 0 Å². The minimum atomic E-state index is -4.96. The molecule has 0 aromatic carbocycles. The molecule has 0 spiro atoms. The molecular formula is C74H144O17P2. The summed E-state index contributed by atoms with van der Waals surface area (Å²) in [7, 11) is -9.91. The van der Waals surface area contributed by atoms with Crippen LogP contribution in [0.5, 0.6) is 0 Å². The van der Waals surface area contributed by atoms with E-state index in [0.29, 0.717) is 25.7 Å². The summed E-state index contributed by atoms with van der Waals surface area (Å²) in [6, 6.07) is 0. The van der Waals surface area contributed by atoms with Gasteiger partial charge in [-0.05, 0) is 49.4 Å². The Bertz CT molecular complexity index is 1840. The van der Waals surface area contributed by atoms with Gasteiger partial charge in [-0.3, -0.25) is 37.3 Å². The van der Waals surface area contributed by atoms with E-state index in [-0.39, 0.29) is 25.7 Å². The Hall–Kier alpha value is -1.94. The number of aliphatic hydroxyl groups is 1. The molecule has 0 heterocycles. The third kappa shape index (κ3) is 67.0. The normalized spacial score (nSPS) is 14.5. The molecule has 0 radical (unpaired) electrons. The van der Waals surface area contributed by atoms with E-state index in [1.54, 1.807) is 0 Å². The number of phosphoric ester groups is 2. The van der Waals surface area contributed by atoms with E-state index in [4.69, 9.17) is 37.0 Å². The molecule has 552 valence electrons. The molecule has 0 aromatic rings. The molecule has 3 unspecified atom stereocenters. The predicted octanol–water partition coefficient (Wildman–Crippen LogP) is 21.3. The van der Waals surface area contributed by atoms with Crippen molar-refractivity contribution in [1.29, 1.82) is 0 Å². The van der Waals surface area contributed by atoms with Gasteiger partial charge in [0.15, 0.2) is 12.2 Å². The van der Waals surface area contributed by atoms with Crippen LogP contribution in [-0.2, 0) is 65.4 Å². The highest BCUT2D eigenvalue weighted by Crippen LogP contribution is 2.45. The van der Waals surface area contributed by atoms with Crippen LogP contribution in [0.1, 0.15) is 370 Å². The number of aliphatic hydroxyl groups excluding tert-OH is 1. The monoisotopic (exact) mass is 1370 g/mol. The van der Waals surface area contributed by atoms with E-state index in [9.17, 15) is 43.2 Å². The van der Waals surface area contributed by atoms with Crippen molar-refractivity contribution in [2.75, 3.05) is 39.6 Å². The number of phosphoric acid groups is 2. The van der Waals surface area contributed by atoms with E-state index in [2.05, 4.69) is 55.4 Å². The van der Waals surface area contributed by atoms with Crippen LogP contribution in [0, 0.1) is 23.7 Å². The standard InChI is InChI=1S/C74H144O17P2/c1-9-67(8)53-45-37-32-33-39-47-55-72(77)85-61-70(91-73(78)56-48-40-30-22-17-15-13-11-10-12-14-16-20-26-34-42-50-64(2)3)63-89-93(82,83)87-59-68(75)58-86-92(80,81)88-62-69(60-84-71(76)54-46-38-29-25-24-28-36-44-52-66(6)7)90-74(79)57-49-41-31-23-19-18-21-27-35-43-51-65(4)5/h64-70,75H,9-63H2,1-8H3,(H,80,81)(H,82,83)/t67?,68-,69-,70-/m1/s1. The average Bonchev–Trinajstić information content (AvgIpc) is 2.00. The Balaban J connectivity index is 5.22. The lowest BCUT2D eigenvalue weighted by Gasteiger charge is -2.21. The second kappa shape index (κ2) is 63.5. The summed E-state index contributed by atoms with van der Waals surface area (Å²) in [6.07, 6.45) is 47.3. The van der Waals surface area contributed by atoms with E-state index in [1.807, 2.05) is 0 Å². The quantitative estimate of drug-likeness (QED) is 0.0222. The van der Waals surface area contributed by atoms with Gasteiger partial charge in [0, 0.05) is 25.7 Å².